The van der Waals surface area contributed by atoms with Crippen LogP contribution >= 0.6 is 0 Å². The van der Waals surface area contributed by atoms with Crippen LogP contribution in [0.1, 0.15) is 24.2 Å². The van der Waals surface area contributed by atoms with Crippen molar-refractivity contribution in [1.29, 1.82) is 0 Å². The minimum Gasteiger partial charge on any atom is -0.368 e. The van der Waals surface area contributed by atoms with E-state index in [4.69, 9.17) is 0 Å². The van der Waals surface area contributed by atoms with E-state index in [0.717, 1.165) is 43.3 Å². The van der Waals surface area contributed by atoms with Crippen molar-refractivity contribution >= 4 is 5.82 Å². The molecule has 0 bridgehead atoms. The van der Waals surface area contributed by atoms with Crippen LogP contribution in [0, 0.1) is 13.8 Å². The van der Waals surface area contributed by atoms with Crippen LogP contribution in [0.4, 0.5) is 5.82 Å². The lowest BCUT2D eigenvalue weighted by Gasteiger charge is -2.14. The van der Waals surface area contributed by atoms with E-state index in [1.165, 1.54) is 12.0 Å². The van der Waals surface area contributed by atoms with Crippen molar-refractivity contribution < 1.29 is 0 Å². The van der Waals surface area contributed by atoms with Crippen molar-refractivity contribution in [3.05, 3.63) is 29.2 Å². The van der Waals surface area contributed by atoms with Gasteiger partial charge in [-0.25, -0.2) is 4.98 Å². The Balaban J connectivity index is 1.85. The van der Waals surface area contributed by atoms with E-state index in [1.807, 2.05) is 13.8 Å². The predicted octanol–water partition coefficient (Wildman–Crippen LogP) is 1.82. The monoisotopic (exact) mass is 232 g/mol. The molecule has 0 radical (unpaired) electrons. The van der Waals surface area contributed by atoms with Crippen LogP contribution in [0.2, 0.25) is 0 Å². The van der Waals surface area contributed by atoms with Gasteiger partial charge in [0.2, 0.25) is 0 Å². The third-order valence-electron chi connectivity index (χ3n) is 2.97. The highest BCUT2D eigenvalue weighted by Crippen LogP contribution is 2.12. The molecule has 0 spiro atoms. The van der Waals surface area contributed by atoms with Crippen LogP contribution in [0.15, 0.2) is 17.8 Å². The topological polar surface area (TPSA) is 49.8 Å². The lowest BCUT2D eigenvalue weighted by molar-refractivity contribution is 0.683. The number of nitrogens with one attached hydrogen (secondary N) is 2. The summed E-state index contributed by atoms with van der Waals surface area (Å²) in [4.78, 5) is 8.74. The van der Waals surface area contributed by atoms with Gasteiger partial charge in [-0.15, -0.1) is 0 Å². The smallest absolute Gasteiger partial charge is 0.147 e. The fourth-order valence-electron chi connectivity index (χ4n) is 1.94. The lowest BCUT2D eigenvalue weighted by Crippen LogP contribution is -2.21. The Hall–Kier alpha value is -1.42. The first kappa shape index (κ1) is 12.0. The molecule has 0 amide bonds. The number of anilines is 1. The first-order valence-electron chi connectivity index (χ1n) is 6.18. The zero-order valence-electron chi connectivity index (χ0n) is 10.6. The van der Waals surface area contributed by atoms with Gasteiger partial charge in [0.15, 0.2) is 0 Å². The van der Waals surface area contributed by atoms with Gasteiger partial charge in [0.05, 0.1) is 11.4 Å². The Kier molecular flexibility index (Phi) is 4.09. The van der Waals surface area contributed by atoms with Crippen LogP contribution in [0.5, 0.6) is 0 Å². The molecule has 0 fully saturated rings. The summed E-state index contributed by atoms with van der Waals surface area (Å²) in [5, 5.41) is 6.69. The Labute approximate surface area is 103 Å². The Bertz CT molecular complexity index is 412. The van der Waals surface area contributed by atoms with Crippen LogP contribution < -0.4 is 10.6 Å². The molecule has 4 nitrogen and oxygen atoms in total. The summed E-state index contributed by atoms with van der Waals surface area (Å²) in [7, 11) is 0. The van der Waals surface area contributed by atoms with E-state index in [1.54, 1.807) is 6.20 Å². The fraction of sp³-hybridized carbons (Fsp3) is 0.538. The minimum atomic E-state index is 0.916. The van der Waals surface area contributed by atoms with Crippen LogP contribution in [0.25, 0.3) is 0 Å². The molecule has 0 saturated heterocycles. The molecular weight excluding hydrogens is 212 g/mol. The fourth-order valence-corrected chi connectivity index (χ4v) is 1.94. The molecule has 2 N–H and O–H groups in total. The second kappa shape index (κ2) is 5.77. The molecule has 17 heavy (non-hydrogen) atoms. The molecule has 2 rings (SSSR count). The number of rotatable bonds is 4. The number of hydrogen-bond donors (Lipinski definition) is 2. The summed E-state index contributed by atoms with van der Waals surface area (Å²) in [5.74, 6) is 0.916. The first-order valence-corrected chi connectivity index (χ1v) is 6.18. The summed E-state index contributed by atoms with van der Waals surface area (Å²) in [6.07, 6.45) is 6.35. The highest BCUT2D eigenvalue weighted by atomic mass is 15.0. The molecule has 0 aromatic carbocycles. The van der Waals surface area contributed by atoms with Crippen molar-refractivity contribution in [2.75, 3.05) is 25.0 Å². The molecule has 0 saturated carbocycles. The van der Waals surface area contributed by atoms with Gasteiger partial charge in [-0.1, -0.05) is 11.6 Å². The molecule has 0 unspecified atom stereocenters. The van der Waals surface area contributed by atoms with Crippen molar-refractivity contribution in [2.24, 2.45) is 0 Å². The quantitative estimate of drug-likeness (QED) is 0.777. The average Bonchev–Trinajstić information content (AvgIpc) is 2.35. The summed E-state index contributed by atoms with van der Waals surface area (Å²) in [6.45, 7) is 7.00. The number of aromatic nitrogens is 2. The number of nitrogens with zero attached hydrogens (tertiary/aromatic N) is 2. The molecule has 1 aromatic rings. The van der Waals surface area contributed by atoms with E-state index in [0.29, 0.717) is 0 Å². The molecular formula is C13H20N4. The predicted molar refractivity (Wildman–Crippen MR) is 70.2 cm³/mol. The average molecular weight is 232 g/mol. The maximum Gasteiger partial charge on any atom is 0.147 e. The molecule has 0 atom stereocenters. The molecule has 2 heterocycles. The van der Waals surface area contributed by atoms with Crippen molar-refractivity contribution in [1.82, 2.24) is 15.3 Å². The summed E-state index contributed by atoms with van der Waals surface area (Å²) < 4.78 is 0. The molecule has 0 aliphatic carbocycles. The van der Waals surface area contributed by atoms with E-state index in [-0.39, 0.29) is 0 Å². The van der Waals surface area contributed by atoms with Gasteiger partial charge in [0, 0.05) is 19.3 Å². The Morgan fingerprint density at radius 3 is 3.06 bits per heavy atom. The third-order valence-corrected chi connectivity index (χ3v) is 2.97. The summed E-state index contributed by atoms with van der Waals surface area (Å²) >= 11 is 0. The SMILES string of the molecule is Cc1cnc(C)c(NCCC2=CCNCC2)n1. The Morgan fingerprint density at radius 1 is 1.41 bits per heavy atom. The number of hydrogen-bond acceptors (Lipinski definition) is 4. The second-order valence-electron chi connectivity index (χ2n) is 4.44. The van der Waals surface area contributed by atoms with Gasteiger partial charge in [-0.3, -0.25) is 4.98 Å². The first-order chi connectivity index (χ1) is 8.25. The molecule has 92 valence electrons. The lowest BCUT2D eigenvalue weighted by atomic mass is 10.1. The molecule has 4 heteroatoms. The molecule has 1 aromatic heterocycles. The zero-order chi connectivity index (χ0) is 12.1. The normalized spacial score (nSPS) is 15.5. The second-order valence-corrected chi connectivity index (χ2v) is 4.44. The third kappa shape index (κ3) is 3.53. The Morgan fingerprint density at radius 2 is 2.29 bits per heavy atom. The van der Waals surface area contributed by atoms with Crippen molar-refractivity contribution in [2.45, 2.75) is 26.7 Å². The largest absolute Gasteiger partial charge is 0.368 e. The molecule has 1 aliphatic heterocycles. The molecule has 1 aliphatic rings. The maximum absolute atomic E-state index is 4.45. The van der Waals surface area contributed by atoms with Crippen molar-refractivity contribution in [3.63, 3.8) is 0 Å². The van der Waals surface area contributed by atoms with E-state index >= 15 is 0 Å². The maximum atomic E-state index is 4.45. The van der Waals surface area contributed by atoms with Gasteiger partial charge in [-0.05, 0) is 33.2 Å². The van der Waals surface area contributed by atoms with Gasteiger partial charge >= 0.3 is 0 Å². The highest BCUT2D eigenvalue weighted by molar-refractivity contribution is 5.39. The van der Waals surface area contributed by atoms with Gasteiger partial charge in [0.1, 0.15) is 5.82 Å². The zero-order valence-corrected chi connectivity index (χ0v) is 10.6. The van der Waals surface area contributed by atoms with Crippen LogP contribution in [-0.4, -0.2) is 29.6 Å². The van der Waals surface area contributed by atoms with Crippen LogP contribution in [0.3, 0.4) is 0 Å². The van der Waals surface area contributed by atoms with Gasteiger partial charge in [-0.2, -0.15) is 0 Å². The summed E-state index contributed by atoms with van der Waals surface area (Å²) in [6, 6.07) is 0. The number of aryl methyl sites for hydroxylation is 2. The highest BCUT2D eigenvalue weighted by Gasteiger charge is 2.04. The van der Waals surface area contributed by atoms with E-state index in [9.17, 15) is 0 Å². The minimum absolute atomic E-state index is 0.916. The summed E-state index contributed by atoms with van der Waals surface area (Å²) in [5.41, 5.74) is 3.46. The van der Waals surface area contributed by atoms with Crippen molar-refractivity contribution in [3.8, 4) is 0 Å². The van der Waals surface area contributed by atoms with Gasteiger partial charge in [0.25, 0.3) is 0 Å². The van der Waals surface area contributed by atoms with E-state index in [2.05, 4.69) is 26.7 Å². The van der Waals surface area contributed by atoms with Gasteiger partial charge < -0.3 is 10.6 Å². The standard InChI is InChI=1S/C13H20N4/c1-10-9-16-11(2)13(17-10)15-8-5-12-3-6-14-7-4-12/h3,9,14H,4-8H2,1-2H3,(H,15,17). The van der Waals surface area contributed by atoms with Crippen LogP contribution in [-0.2, 0) is 0 Å². The van der Waals surface area contributed by atoms with E-state index < -0.39 is 0 Å².